The molecule has 1 aromatic heterocycles. The van der Waals surface area contributed by atoms with Gasteiger partial charge in [-0.1, -0.05) is 41.9 Å². The van der Waals surface area contributed by atoms with Crippen LogP contribution in [0.5, 0.6) is 5.75 Å². The average Bonchev–Trinajstić information content (AvgIpc) is 3.36. The van der Waals surface area contributed by atoms with Crippen molar-refractivity contribution in [2.75, 3.05) is 36.9 Å². The number of anilines is 3. The maximum atomic E-state index is 12.8. The monoisotopic (exact) mass is 534 g/mol. The van der Waals surface area contributed by atoms with E-state index in [9.17, 15) is 9.90 Å². The number of para-hydroxylation sites is 2. The second-order valence-corrected chi connectivity index (χ2v) is 9.24. The molecule has 1 atom stereocenters. The third kappa shape index (κ3) is 6.08. The number of aliphatic hydroxyl groups excluding tert-OH is 2. The number of amides is 2. The summed E-state index contributed by atoms with van der Waals surface area (Å²) in [4.78, 5) is 18.9. The number of carbonyl (C=O) groups excluding carboxylic acids is 1. The third-order valence-corrected chi connectivity index (χ3v) is 6.45. The summed E-state index contributed by atoms with van der Waals surface area (Å²) in [5, 5.41) is 24.6. The van der Waals surface area contributed by atoms with Crippen LogP contribution < -0.4 is 15.4 Å². The van der Waals surface area contributed by atoms with Crippen LogP contribution in [0.4, 0.5) is 22.2 Å². The van der Waals surface area contributed by atoms with E-state index in [2.05, 4.69) is 21.7 Å². The summed E-state index contributed by atoms with van der Waals surface area (Å²) in [6, 6.07) is 20.7. The van der Waals surface area contributed by atoms with Crippen molar-refractivity contribution in [2.45, 2.75) is 12.5 Å². The second kappa shape index (κ2) is 11.6. The number of fused-ring (bicyclic) bond motifs is 1. The summed E-state index contributed by atoms with van der Waals surface area (Å²) in [6.45, 7) is 0.594. The second-order valence-electron chi connectivity index (χ2n) is 8.83. The van der Waals surface area contributed by atoms with Gasteiger partial charge in [-0.25, -0.2) is 4.79 Å². The topological polar surface area (TPSA) is 120 Å². The van der Waals surface area contributed by atoms with Gasteiger partial charge in [-0.05, 0) is 54.0 Å². The van der Waals surface area contributed by atoms with E-state index < -0.39 is 12.7 Å². The summed E-state index contributed by atoms with van der Waals surface area (Å²) in [6.07, 6.45) is 1.80. The van der Waals surface area contributed by atoms with Gasteiger partial charge in [0.25, 0.3) is 6.01 Å². The highest BCUT2D eigenvalue weighted by atomic mass is 35.5. The Kier molecular flexibility index (Phi) is 7.78. The summed E-state index contributed by atoms with van der Waals surface area (Å²) < 4.78 is 11.1. The van der Waals surface area contributed by atoms with Crippen LogP contribution in [0.25, 0.3) is 16.7 Å². The van der Waals surface area contributed by atoms with Gasteiger partial charge in [0.05, 0.1) is 17.3 Å². The Balaban J connectivity index is 1.15. The standard InChI is InChI=1S/C28H27ClN4O5/c29-23-15-22(37-17-21(35)16-34)9-10-24(23)32-28(36)33-13-11-19(12-14-33)18-5-7-20(8-6-18)30-27-31-25-3-1-2-4-26(25)38-27/h1-11,15,21,34-35H,12-14,16-17H2,(H,30,31)(H,32,36). The minimum absolute atomic E-state index is 0.0568. The Morgan fingerprint density at radius 3 is 2.68 bits per heavy atom. The van der Waals surface area contributed by atoms with Crippen molar-refractivity contribution in [1.82, 2.24) is 9.88 Å². The number of carbonyl (C=O) groups is 1. The zero-order valence-electron chi connectivity index (χ0n) is 20.4. The van der Waals surface area contributed by atoms with E-state index >= 15 is 0 Å². The van der Waals surface area contributed by atoms with Crippen LogP contribution in [0.1, 0.15) is 12.0 Å². The van der Waals surface area contributed by atoms with Gasteiger partial charge in [0, 0.05) is 24.8 Å². The number of ether oxygens (including phenoxy) is 1. The fraction of sp³-hybridized carbons (Fsp3) is 0.214. The van der Waals surface area contributed by atoms with E-state index in [4.69, 9.17) is 25.9 Å². The van der Waals surface area contributed by atoms with Crippen LogP contribution in [0.2, 0.25) is 5.02 Å². The van der Waals surface area contributed by atoms with E-state index in [1.54, 1.807) is 23.1 Å². The molecule has 0 fully saturated rings. The maximum Gasteiger partial charge on any atom is 0.322 e. The van der Waals surface area contributed by atoms with Crippen molar-refractivity contribution < 1.29 is 24.2 Å². The zero-order valence-corrected chi connectivity index (χ0v) is 21.2. The van der Waals surface area contributed by atoms with Gasteiger partial charge in [-0.2, -0.15) is 4.98 Å². The van der Waals surface area contributed by atoms with E-state index in [1.807, 2.05) is 48.5 Å². The molecule has 0 radical (unpaired) electrons. The first-order valence-corrected chi connectivity index (χ1v) is 12.6. The first-order chi connectivity index (χ1) is 18.5. The van der Waals surface area contributed by atoms with Crippen LogP contribution in [0.3, 0.4) is 0 Å². The van der Waals surface area contributed by atoms with Crippen molar-refractivity contribution in [3.05, 3.63) is 83.4 Å². The van der Waals surface area contributed by atoms with E-state index in [0.29, 0.717) is 35.6 Å². The minimum Gasteiger partial charge on any atom is -0.491 e. The summed E-state index contributed by atoms with van der Waals surface area (Å²) in [5.41, 5.74) is 5.14. The predicted molar refractivity (Wildman–Crippen MR) is 147 cm³/mol. The molecule has 4 N–H and O–H groups in total. The van der Waals surface area contributed by atoms with E-state index in [-0.39, 0.29) is 12.6 Å². The highest BCUT2D eigenvalue weighted by molar-refractivity contribution is 6.33. The molecule has 0 spiro atoms. The fourth-order valence-electron chi connectivity index (χ4n) is 4.06. The number of aromatic nitrogens is 1. The largest absolute Gasteiger partial charge is 0.491 e. The van der Waals surface area contributed by atoms with Crippen molar-refractivity contribution in [3.63, 3.8) is 0 Å². The first kappa shape index (κ1) is 25.6. The maximum absolute atomic E-state index is 12.8. The average molecular weight is 535 g/mol. The Bertz CT molecular complexity index is 1420. The molecule has 1 aliphatic rings. The van der Waals surface area contributed by atoms with Gasteiger partial charge in [-0.15, -0.1) is 0 Å². The highest BCUT2D eigenvalue weighted by Crippen LogP contribution is 2.29. The first-order valence-electron chi connectivity index (χ1n) is 12.2. The SMILES string of the molecule is O=C(Nc1ccc(OCC(O)CO)cc1Cl)N1CC=C(c2ccc(Nc3nc4ccccc4o3)cc2)CC1. The number of rotatable bonds is 8. The zero-order chi connectivity index (χ0) is 26.5. The number of hydrogen-bond acceptors (Lipinski definition) is 7. The Morgan fingerprint density at radius 1 is 1.16 bits per heavy atom. The van der Waals surface area contributed by atoms with Crippen molar-refractivity contribution in [1.29, 1.82) is 0 Å². The molecule has 4 aromatic rings. The number of urea groups is 1. The summed E-state index contributed by atoms with van der Waals surface area (Å²) in [7, 11) is 0. The van der Waals surface area contributed by atoms with Gasteiger partial charge in [0.2, 0.25) is 0 Å². The lowest BCUT2D eigenvalue weighted by atomic mass is 9.99. The molecule has 5 rings (SSSR count). The summed E-state index contributed by atoms with van der Waals surface area (Å²) >= 11 is 6.30. The molecular formula is C28H27ClN4O5. The molecule has 0 saturated heterocycles. The quantitative estimate of drug-likeness (QED) is 0.243. The van der Waals surface area contributed by atoms with Gasteiger partial charge in [-0.3, -0.25) is 0 Å². The smallest absolute Gasteiger partial charge is 0.322 e. The van der Waals surface area contributed by atoms with Gasteiger partial charge in [0.15, 0.2) is 5.58 Å². The van der Waals surface area contributed by atoms with Gasteiger partial charge < -0.3 is 34.9 Å². The molecule has 2 heterocycles. The molecule has 0 aliphatic carbocycles. The van der Waals surface area contributed by atoms with Crippen LogP contribution >= 0.6 is 11.6 Å². The van der Waals surface area contributed by atoms with Crippen molar-refractivity contribution in [2.24, 2.45) is 0 Å². The molecule has 1 unspecified atom stereocenters. The molecule has 10 heteroatoms. The molecular weight excluding hydrogens is 508 g/mol. The third-order valence-electron chi connectivity index (χ3n) is 6.13. The van der Waals surface area contributed by atoms with Gasteiger partial charge in [0.1, 0.15) is 24.0 Å². The molecule has 2 amide bonds. The normalized spacial score (nSPS) is 14.2. The minimum atomic E-state index is -0.972. The lowest BCUT2D eigenvalue weighted by Crippen LogP contribution is -2.37. The molecule has 196 valence electrons. The van der Waals surface area contributed by atoms with E-state index in [0.717, 1.165) is 28.8 Å². The molecule has 1 aliphatic heterocycles. The fourth-order valence-corrected chi connectivity index (χ4v) is 4.28. The van der Waals surface area contributed by atoms with Gasteiger partial charge >= 0.3 is 6.03 Å². The molecule has 38 heavy (non-hydrogen) atoms. The number of benzene rings is 3. The number of nitrogens with zero attached hydrogens (tertiary/aromatic N) is 2. The highest BCUT2D eigenvalue weighted by Gasteiger charge is 2.19. The van der Waals surface area contributed by atoms with Crippen molar-refractivity contribution in [3.8, 4) is 5.75 Å². The molecule has 9 nitrogen and oxygen atoms in total. The van der Waals surface area contributed by atoms with Crippen LogP contribution in [-0.2, 0) is 0 Å². The molecule has 0 saturated carbocycles. The lowest BCUT2D eigenvalue weighted by molar-refractivity contribution is 0.0536. The molecule has 0 bridgehead atoms. The van der Waals surface area contributed by atoms with E-state index in [1.165, 1.54) is 5.57 Å². The number of halogens is 1. The molecule has 3 aromatic carbocycles. The van der Waals surface area contributed by atoms with Crippen molar-refractivity contribution >= 4 is 51.7 Å². The Morgan fingerprint density at radius 2 is 1.97 bits per heavy atom. The number of oxazole rings is 1. The van der Waals surface area contributed by atoms with Crippen LogP contribution in [0, 0.1) is 0 Å². The summed E-state index contributed by atoms with van der Waals surface area (Å²) in [5.74, 6) is 0.432. The van der Waals surface area contributed by atoms with Crippen LogP contribution in [-0.4, -0.2) is 58.5 Å². The Labute approximate surface area is 224 Å². The number of aliphatic hydroxyl groups is 2. The number of nitrogens with one attached hydrogen (secondary N) is 2. The lowest BCUT2D eigenvalue weighted by Gasteiger charge is -2.27. The number of hydrogen-bond donors (Lipinski definition) is 4. The predicted octanol–water partition coefficient (Wildman–Crippen LogP) is 5.28. The van der Waals surface area contributed by atoms with Crippen LogP contribution in [0.15, 0.2) is 77.2 Å². The Hall–Kier alpha value is -4.05.